The summed E-state index contributed by atoms with van der Waals surface area (Å²) >= 11 is 0. The molecule has 1 atom stereocenters. The van der Waals surface area contributed by atoms with Crippen molar-refractivity contribution in [1.82, 2.24) is 5.32 Å². The zero-order valence-corrected chi connectivity index (χ0v) is 12.9. The maximum atomic E-state index is 9.09. The highest BCUT2D eigenvalue weighted by Gasteiger charge is 2.19. The molecule has 4 nitrogen and oxygen atoms in total. The molecule has 1 N–H and O–H groups in total. The number of nitrogens with one attached hydrogen (secondary N) is 1. The molecule has 0 spiro atoms. The number of hydrogen-bond acceptors (Lipinski definition) is 4. The van der Waals surface area contributed by atoms with Crippen molar-refractivity contribution in [1.29, 1.82) is 5.26 Å². The van der Waals surface area contributed by atoms with Crippen LogP contribution in [0.2, 0.25) is 0 Å². The Hall–Kier alpha value is -1.73. The zero-order valence-electron chi connectivity index (χ0n) is 12.9. The molecule has 0 aliphatic heterocycles. The molecule has 0 aliphatic carbocycles. The predicted octanol–water partition coefficient (Wildman–Crippen LogP) is 2.80. The van der Waals surface area contributed by atoms with Crippen LogP contribution in [0.4, 0.5) is 5.69 Å². The first-order valence-corrected chi connectivity index (χ1v) is 7.00. The lowest BCUT2D eigenvalue weighted by Gasteiger charge is -2.22. The molecule has 0 aliphatic rings. The average molecular weight is 275 g/mol. The SMILES string of the molecule is CNC(C)(C#N)CCCCN(C)c1ccc(OC)cc1. The number of nitriles is 1. The van der Waals surface area contributed by atoms with Crippen molar-refractivity contribution in [3.8, 4) is 11.8 Å². The highest BCUT2D eigenvalue weighted by atomic mass is 16.5. The Morgan fingerprint density at radius 3 is 2.45 bits per heavy atom. The van der Waals surface area contributed by atoms with E-state index in [1.807, 2.05) is 26.1 Å². The molecule has 110 valence electrons. The van der Waals surface area contributed by atoms with E-state index in [1.165, 1.54) is 5.69 Å². The molecule has 1 aromatic rings. The van der Waals surface area contributed by atoms with Crippen LogP contribution in [0.1, 0.15) is 26.2 Å². The lowest BCUT2D eigenvalue weighted by atomic mass is 9.97. The van der Waals surface area contributed by atoms with E-state index in [0.29, 0.717) is 0 Å². The van der Waals surface area contributed by atoms with Crippen LogP contribution >= 0.6 is 0 Å². The highest BCUT2D eigenvalue weighted by molar-refractivity contribution is 5.48. The highest BCUT2D eigenvalue weighted by Crippen LogP contribution is 2.19. The van der Waals surface area contributed by atoms with Gasteiger partial charge in [0.15, 0.2) is 0 Å². The van der Waals surface area contributed by atoms with Crippen LogP contribution in [0.25, 0.3) is 0 Å². The predicted molar refractivity (Wildman–Crippen MR) is 83.2 cm³/mol. The van der Waals surface area contributed by atoms with E-state index in [1.54, 1.807) is 7.11 Å². The summed E-state index contributed by atoms with van der Waals surface area (Å²) in [5.41, 5.74) is 0.779. The fourth-order valence-electron chi connectivity index (χ4n) is 2.03. The Labute approximate surface area is 122 Å². The number of nitrogens with zero attached hydrogens (tertiary/aromatic N) is 2. The molecule has 1 rings (SSSR count). The van der Waals surface area contributed by atoms with E-state index in [2.05, 4.69) is 35.5 Å². The maximum absolute atomic E-state index is 9.09. The van der Waals surface area contributed by atoms with Gasteiger partial charge >= 0.3 is 0 Å². The number of ether oxygens (including phenoxy) is 1. The van der Waals surface area contributed by atoms with Gasteiger partial charge in [0.05, 0.1) is 13.2 Å². The van der Waals surface area contributed by atoms with Crippen LogP contribution in [0.5, 0.6) is 5.75 Å². The smallest absolute Gasteiger partial charge is 0.119 e. The first-order chi connectivity index (χ1) is 9.54. The first kappa shape index (κ1) is 16.3. The van der Waals surface area contributed by atoms with E-state index < -0.39 is 5.54 Å². The molecule has 1 aromatic carbocycles. The molecule has 1 unspecified atom stereocenters. The third-order valence-corrected chi connectivity index (χ3v) is 3.73. The summed E-state index contributed by atoms with van der Waals surface area (Å²) in [6.07, 6.45) is 2.98. The van der Waals surface area contributed by atoms with Crippen molar-refractivity contribution in [2.75, 3.05) is 32.6 Å². The normalized spacial score (nSPS) is 13.3. The molecule has 20 heavy (non-hydrogen) atoms. The average Bonchev–Trinajstić information content (AvgIpc) is 2.51. The van der Waals surface area contributed by atoms with E-state index in [0.717, 1.165) is 31.6 Å². The van der Waals surface area contributed by atoms with Crippen LogP contribution in [-0.2, 0) is 0 Å². The van der Waals surface area contributed by atoms with Crippen molar-refractivity contribution in [3.05, 3.63) is 24.3 Å². The van der Waals surface area contributed by atoms with Gasteiger partial charge in [-0.25, -0.2) is 0 Å². The number of benzene rings is 1. The topological polar surface area (TPSA) is 48.3 Å². The Balaban J connectivity index is 2.36. The van der Waals surface area contributed by atoms with Crippen molar-refractivity contribution in [2.45, 2.75) is 31.7 Å². The van der Waals surface area contributed by atoms with Crippen LogP contribution in [-0.4, -0.2) is 33.3 Å². The Kier molecular flexibility index (Phi) is 6.33. The minimum atomic E-state index is -0.404. The molecule has 0 amide bonds. The molecular weight excluding hydrogens is 250 g/mol. The molecule has 0 fully saturated rings. The van der Waals surface area contributed by atoms with Crippen molar-refractivity contribution < 1.29 is 4.74 Å². The quantitative estimate of drug-likeness (QED) is 0.741. The molecule has 0 aromatic heterocycles. The monoisotopic (exact) mass is 275 g/mol. The second kappa shape index (κ2) is 7.76. The lowest BCUT2D eigenvalue weighted by Crippen LogP contribution is -2.38. The molecule has 0 heterocycles. The number of hydrogen-bond donors (Lipinski definition) is 1. The lowest BCUT2D eigenvalue weighted by molar-refractivity contribution is 0.415. The molecule has 0 saturated heterocycles. The fraction of sp³-hybridized carbons (Fsp3) is 0.562. The Morgan fingerprint density at radius 1 is 1.30 bits per heavy atom. The van der Waals surface area contributed by atoms with E-state index in [-0.39, 0.29) is 0 Å². The van der Waals surface area contributed by atoms with Crippen LogP contribution in [0, 0.1) is 11.3 Å². The van der Waals surface area contributed by atoms with Crippen LogP contribution in [0.3, 0.4) is 0 Å². The van der Waals surface area contributed by atoms with E-state index in [4.69, 9.17) is 10.00 Å². The Morgan fingerprint density at radius 2 is 1.95 bits per heavy atom. The number of unbranched alkanes of at least 4 members (excludes halogenated alkanes) is 1. The van der Waals surface area contributed by atoms with Gasteiger partial charge in [-0.2, -0.15) is 5.26 Å². The summed E-state index contributed by atoms with van der Waals surface area (Å²) in [6, 6.07) is 10.4. The van der Waals surface area contributed by atoms with Gasteiger partial charge in [-0.1, -0.05) is 0 Å². The first-order valence-electron chi connectivity index (χ1n) is 7.00. The molecular formula is C16H25N3O. The summed E-state index contributed by atoms with van der Waals surface area (Å²) in [7, 11) is 5.60. The summed E-state index contributed by atoms with van der Waals surface area (Å²) in [5, 5.41) is 12.2. The van der Waals surface area contributed by atoms with Crippen molar-refractivity contribution in [2.24, 2.45) is 0 Å². The summed E-state index contributed by atoms with van der Waals surface area (Å²) in [5.74, 6) is 0.876. The minimum absolute atomic E-state index is 0.404. The number of anilines is 1. The molecule has 4 heteroatoms. The van der Waals surface area contributed by atoms with Crippen LogP contribution in [0.15, 0.2) is 24.3 Å². The van der Waals surface area contributed by atoms with Gasteiger partial charge in [-0.3, -0.25) is 0 Å². The number of methoxy groups -OCH3 is 1. The van der Waals surface area contributed by atoms with Gasteiger partial charge in [0.1, 0.15) is 11.3 Å². The largest absolute Gasteiger partial charge is 0.497 e. The third-order valence-electron chi connectivity index (χ3n) is 3.73. The van der Waals surface area contributed by atoms with Gasteiger partial charge < -0.3 is 15.0 Å². The van der Waals surface area contributed by atoms with Crippen molar-refractivity contribution in [3.63, 3.8) is 0 Å². The second-order valence-corrected chi connectivity index (χ2v) is 5.27. The molecule has 0 radical (unpaired) electrons. The third kappa shape index (κ3) is 4.75. The second-order valence-electron chi connectivity index (χ2n) is 5.27. The fourth-order valence-corrected chi connectivity index (χ4v) is 2.03. The summed E-state index contributed by atoms with van der Waals surface area (Å²) in [6.45, 7) is 2.93. The summed E-state index contributed by atoms with van der Waals surface area (Å²) in [4.78, 5) is 2.22. The maximum Gasteiger partial charge on any atom is 0.119 e. The minimum Gasteiger partial charge on any atom is -0.497 e. The van der Waals surface area contributed by atoms with Crippen LogP contribution < -0.4 is 15.0 Å². The Bertz CT molecular complexity index is 438. The summed E-state index contributed by atoms with van der Waals surface area (Å²) < 4.78 is 5.15. The van der Waals surface area contributed by atoms with Gasteiger partial charge in [0.25, 0.3) is 0 Å². The van der Waals surface area contributed by atoms with E-state index >= 15 is 0 Å². The molecule has 0 saturated carbocycles. The van der Waals surface area contributed by atoms with Gasteiger partial charge in [0.2, 0.25) is 0 Å². The van der Waals surface area contributed by atoms with Crippen molar-refractivity contribution >= 4 is 5.69 Å². The van der Waals surface area contributed by atoms with Gasteiger partial charge in [-0.05, 0) is 57.5 Å². The molecule has 0 bridgehead atoms. The van der Waals surface area contributed by atoms with E-state index in [9.17, 15) is 0 Å². The van der Waals surface area contributed by atoms with Gasteiger partial charge in [-0.15, -0.1) is 0 Å². The standard InChI is InChI=1S/C16H25N3O/c1-16(13-17,18-2)11-5-6-12-19(3)14-7-9-15(20-4)10-8-14/h7-10,18H,5-6,11-12H2,1-4H3. The zero-order chi connectivity index (χ0) is 15.0. The van der Waals surface area contributed by atoms with Gasteiger partial charge in [0, 0.05) is 19.3 Å². The number of rotatable bonds is 8.